The minimum absolute atomic E-state index is 0.445. The van der Waals surface area contributed by atoms with Crippen LogP contribution in [0.25, 0.3) is 30.9 Å². The monoisotopic (exact) mass is 716 g/mol. The Labute approximate surface area is 296 Å². The molecule has 0 radical (unpaired) electrons. The van der Waals surface area contributed by atoms with E-state index in [0.717, 1.165) is 43.3 Å². The first-order valence-corrected chi connectivity index (χ1v) is 18.2. The summed E-state index contributed by atoms with van der Waals surface area (Å²) in [5.41, 5.74) is -1.07. The summed E-state index contributed by atoms with van der Waals surface area (Å²) in [6.45, 7) is 0. The van der Waals surface area contributed by atoms with Crippen LogP contribution in [0.1, 0.15) is 0 Å². The predicted octanol–water partition coefficient (Wildman–Crippen LogP) is 12.4. The zero-order chi connectivity index (χ0) is 35.2. The maximum atomic E-state index is 13.7. The molecule has 5 nitrogen and oxygen atoms in total. The minimum atomic E-state index is -5.97. The number of hydrogen-bond donors (Lipinski definition) is 0. The van der Waals surface area contributed by atoms with Crippen LogP contribution in [0, 0.1) is 0 Å². The summed E-state index contributed by atoms with van der Waals surface area (Å²) in [4.78, 5) is 4.10. The first-order valence-electron chi connectivity index (χ1n) is 15.9. The second-order valence-corrected chi connectivity index (χ2v) is 14.4. The summed E-state index contributed by atoms with van der Waals surface area (Å²) < 4.78 is 72.1. The van der Waals surface area contributed by atoms with Crippen molar-refractivity contribution in [2.45, 2.75) is 5.51 Å². The largest absolute Gasteiger partial charge is 0.534 e. The normalized spacial score (nSPS) is 12.0. The molecule has 0 fully saturated rings. The van der Waals surface area contributed by atoms with Crippen LogP contribution in [0.5, 0.6) is 5.75 Å². The molecule has 0 saturated carbocycles. The highest BCUT2D eigenvalue weighted by Crippen LogP contribution is 2.53. The van der Waals surface area contributed by atoms with Gasteiger partial charge in [0, 0.05) is 54.4 Å². The standard InChI is InChI=1S/C41H27F3N2O3S2/c42-41(43,44)51(47,48)49-33-26-35(45(29-16-5-1-6-17-29)30-18-7-2-8-19-30)38-37(27-33)50-36-25-28-15-13-14-24-34(28)40(39(36)38)46(31-20-9-3-10-21-31)32-22-11-4-12-23-32/h1-27H. The number of anilines is 6. The summed E-state index contributed by atoms with van der Waals surface area (Å²) in [6.07, 6.45) is 0. The lowest BCUT2D eigenvalue weighted by Crippen LogP contribution is -2.28. The maximum absolute atomic E-state index is 13.7. The van der Waals surface area contributed by atoms with Gasteiger partial charge in [-0.25, -0.2) is 0 Å². The number of rotatable bonds is 8. The number of benzene rings is 7. The highest BCUT2D eigenvalue weighted by molar-refractivity contribution is 7.88. The fourth-order valence-corrected chi connectivity index (χ4v) is 8.08. The van der Waals surface area contributed by atoms with E-state index in [2.05, 4.69) is 17.0 Å². The van der Waals surface area contributed by atoms with Gasteiger partial charge in [-0.15, -0.1) is 11.3 Å². The van der Waals surface area contributed by atoms with Crippen molar-refractivity contribution in [3.63, 3.8) is 0 Å². The molecule has 0 spiro atoms. The smallest absolute Gasteiger partial charge is 0.376 e. The molecule has 51 heavy (non-hydrogen) atoms. The van der Waals surface area contributed by atoms with Crippen molar-refractivity contribution in [1.29, 1.82) is 0 Å². The van der Waals surface area contributed by atoms with Gasteiger partial charge in [-0.05, 0) is 66.0 Å². The van der Waals surface area contributed by atoms with Crippen LogP contribution in [-0.4, -0.2) is 13.9 Å². The van der Waals surface area contributed by atoms with Gasteiger partial charge in [0.25, 0.3) is 0 Å². The van der Waals surface area contributed by atoms with Crippen molar-refractivity contribution in [2.24, 2.45) is 0 Å². The van der Waals surface area contributed by atoms with E-state index in [1.54, 1.807) is 0 Å². The van der Waals surface area contributed by atoms with Crippen LogP contribution in [0.2, 0.25) is 0 Å². The van der Waals surface area contributed by atoms with E-state index in [-0.39, 0.29) is 0 Å². The van der Waals surface area contributed by atoms with Gasteiger partial charge >= 0.3 is 15.6 Å². The fraction of sp³-hybridized carbons (Fsp3) is 0.0244. The highest BCUT2D eigenvalue weighted by atomic mass is 32.2. The molecule has 8 aromatic rings. The number of thiophene rings is 1. The molecule has 1 heterocycles. The second-order valence-electron chi connectivity index (χ2n) is 11.7. The van der Waals surface area contributed by atoms with Crippen molar-refractivity contribution in [2.75, 3.05) is 9.80 Å². The molecule has 0 aliphatic heterocycles. The van der Waals surface area contributed by atoms with E-state index < -0.39 is 21.4 Å². The minimum Gasteiger partial charge on any atom is -0.376 e. The molecule has 0 amide bonds. The Kier molecular flexibility index (Phi) is 8.13. The number of nitrogens with zero attached hydrogens (tertiary/aromatic N) is 2. The fourth-order valence-electron chi connectivity index (χ4n) is 6.43. The number of hydrogen-bond acceptors (Lipinski definition) is 6. The summed E-state index contributed by atoms with van der Waals surface area (Å²) in [7, 11) is -5.97. The first kappa shape index (κ1) is 32.4. The molecule has 0 unspecified atom stereocenters. The average Bonchev–Trinajstić information content (AvgIpc) is 3.51. The zero-order valence-corrected chi connectivity index (χ0v) is 28.3. The van der Waals surface area contributed by atoms with Crippen LogP contribution in [0.15, 0.2) is 164 Å². The van der Waals surface area contributed by atoms with Crippen LogP contribution in [0.4, 0.5) is 47.3 Å². The van der Waals surface area contributed by atoms with Gasteiger partial charge < -0.3 is 14.0 Å². The Morgan fingerprint density at radius 3 is 1.49 bits per heavy atom. The lowest BCUT2D eigenvalue weighted by atomic mass is 9.99. The van der Waals surface area contributed by atoms with Gasteiger partial charge in [0.15, 0.2) is 0 Å². The summed E-state index contributed by atoms with van der Waals surface area (Å²) in [5, 5.41) is 3.48. The summed E-state index contributed by atoms with van der Waals surface area (Å²) in [6, 6.07) is 51.6. The molecule has 0 atom stereocenters. The van der Waals surface area contributed by atoms with E-state index >= 15 is 0 Å². The predicted molar refractivity (Wildman–Crippen MR) is 202 cm³/mol. The average molecular weight is 717 g/mol. The van der Waals surface area contributed by atoms with E-state index in [0.29, 0.717) is 21.8 Å². The third kappa shape index (κ3) is 5.92. The van der Waals surface area contributed by atoms with Gasteiger partial charge in [0.1, 0.15) is 5.75 Å². The van der Waals surface area contributed by atoms with Crippen molar-refractivity contribution >= 4 is 86.5 Å². The van der Waals surface area contributed by atoms with Crippen molar-refractivity contribution in [3.05, 3.63) is 164 Å². The van der Waals surface area contributed by atoms with Crippen LogP contribution >= 0.6 is 11.3 Å². The van der Waals surface area contributed by atoms with E-state index in [1.807, 2.05) is 144 Å². The molecule has 252 valence electrons. The third-order valence-corrected chi connectivity index (χ3v) is 10.6. The van der Waals surface area contributed by atoms with Crippen molar-refractivity contribution in [3.8, 4) is 5.75 Å². The van der Waals surface area contributed by atoms with Crippen LogP contribution < -0.4 is 14.0 Å². The van der Waals surface area contributed by atoms with E-state index in [1.165, 1.54) is 23.5 Å². The lowest BCUT2D eigenvalue weighted by Gasteiger charge is -2.29. The molecule has 0 aliphatic carbocycles. The second kappa shape index (κ2) is 12.8. The number of alkyl halides is 3. The molecule has 0 aliphatic rings. The quantitative estimate of drug-likeness (QED) is 0.116. The van der Waals surface area contributed by atoms with Crippen LogP contribution in [0.3, 0.4) is 0 Å². The topological polar surface area (TPSA) is 49.9 Å². The molecule has 0 saturated heterocycles. The first-order chi connectivity index (χ1) is 24.7. The lowest BCUT2D eigenvalue weighted by molar-refractivity contribution is -0.0500. The molecular weight excluding hydrogens is 690 g/mol. The van der Waals surface area contributed by atoms with Gasteiger partial charge in [0.05, 0.1) is 11.4 Å². The molecule has 0 bridgehead atoms. The number of fused-ring (bicyclic) bond motifs is 4. The molecule has 8 rings (SSSR count). The zero-order valence-electron chi connectivity index (χ0n) is 26.7. The Morgan fingerprint density at radius 2 is 0.980 bits per heavy atom. The van der Waals surface area contributed by atoms with Crippen LogP contribution in [-0.2, 0) is 10.1 Å². The highest BCUT2D eigenvalue weighted by Gasteiger charge is 2.48. The SMILES string of the molecule is O=S(=O)(Oc1cc(N(c2ccccc2)c2ccccc2)c2c(c1)sc1cc3ccccc3c(N(c3ccccc3)c3ccccc3)c12)C(F)(F)F. The molecule has 1 aromatic heterocycles. The number of para-hydroxylation sites is 4. The summed E-state index contributed by atoms with van der Waals surface area (Å²) in [5.74, 6) is -0.452. The Morgan fingerprint density at radius 1 is 0.529 bits per heavy atom. The Balaban J connectivity index is 1.55. The third-order valence-electron chi connectivity index (χ3n) is 8.52. The summed E-state index contributed by atoms with van der Waals surface area (Å²) >= 11 is 1.36. The van der Waals surface area contributed by atoms with Gasteiger partial charge in [-0.2, -0.15) is 21.6 Å². The van der Waals surface area contributed by atoms with Gasteiger partial charge in [-0.1, -0.05) is 97.1 Å². The Hall–Kier alpha value is -5.84. The Bertz CT molecular complexity index is 2540. The molecule has 0 N–H and O–H groups in total. The van der Waals surface area contributed by atoms with E-state index in [9.17, 15) is 21.6 Å². The molecular formula is C41H27F3N2O3S2. The van der Waals surface area contributed by atoms with Crippen molar-refractivity contribution in [1.82, 2.24) is 0 Å². The van der Waals surface area contributed by atoms with Gasteiger partial charge in [0.2, 0.25) is 0 Å². The molecule has 10 heteroatoms. The number of halogens is 3. The van der Waals surface area contributed by atoms with Gasteiger partial charge in [-0.3, -0.25) is 0 Å². The molecule has 7 aromatic carbocycles. The van der Waals surface area contributed by atoms with E-state index in [4.69, 9.17) is 4.18 Å². The maximum Gasteiger partial charge on any atom is 0.534 e. The van der Waals surface area contributed by atoms with Crippen molar-refractivity contribution < 1.29 is 25.8 Å².